The normalized spacial score (nSPS) is 20.4. The van der Waals surface area contributed by atoms with Crippen LogP contribution in [0.5, 0.6) is 0 Å². The minimum Gasteiger partial charge on any atom is -0.314 e. The second kappa shape index (κ2) is 6.61. The van der Waals surface area contributed by atoms with Gasteiger partial charge in [0.2, 0.25) is 0 Å². The molecule has 1 heterocycles. The van der Waals surface area contributed by atoms with Crippen LogP contribution >= 0.6 is 12.4 Å². The third kappa shape index (κ3) is 3.71. The van der Waals surface area contributed by atoms with E-state index in [1.54, 1.807) is 0 Å². The van der Waals surface area contributed by atoms with Crippen LogP contribution in [-0.4, -0.2) is 30.6 Å². The number of piperazine rings is 1. The van der Waals surface area contributed by atoms with E-state index in [4.69, 9.17) is 5.26 Å². The first kappa shape index (κ1) is 14.0. The van der Waals surface area contributed by atoms with Crippen LogP contribution in [0.25, 0.3) is 0 Å². The van der Waals surface area contributed by atoms with Crippen molar-refractivity contribution in [3.05, 3.63) is 35.4 Å². The van der Waals surface area contributed by atoms with E-state index in [1.165, 1.54) is 5.56 Å². The standard InChI is InChI=1S/C13H17N3.ClH/c1-11-9-15-6-7-16(11)10-13-4-2-12(8-14)3-5-13;/h2-5,11,15H,6-7,9-10H2,1H3;1H/t11-;/m1./s1. The van der Waals surface area contributed by atoms with Crippen molar-refractivity contribution < 1.29 is 0 Å². The highest BCUT2D eigenvalue weighted by molar-refractivity contribution is 5.85. The number of hydrogen-bond acceptors (Lipinski definition) is 3. The van der Waals surface area contributed by atoms with Gasteiger partial charge in [-0.15, -0.1) is 12.4 Å². The number of nitrogens with zero attached hydrogens (tertiary/aromatic N) is 2. The molecule has 1 aromatic rings. The molecule has 17 heavy (non-hydrogen) atoms. The van der Waals surface area contributed by atoms with Crippen LogP contribution in [0.2, 0.25) is 0 Å². The summed E-state index contributed by atoms with van der Waals surface area (Å²) in [5.41, 5.74) is 2.02. The van der Waals surface area contributed by atoms with Gasteiger partial charge in [0.05, 0.1) is 11.6 Å². The average molecular weight is 252 g/mol. The highest BCUT2D eigenvalue weighted by atomic mass is 35.5. The van der Waals surface area contributed by atoms with E-state index in [0.29, 0.717) is 6.04 Å². The zero-order valence-corrected chi connectivity index (χ0v) is 10.8. The van der Waals surface area contributed by atoms with Gasteiger partial charge in [0, 0.05) is 32.2 Å². The molecule has 0 saturated carbocycles. The summed E-state index contributed by atoms with van der Waals surface area (Å²) in [6, 6.07) is 10.6. The first-order valence-electron chi connectivity index (χ1n) is 5.73. The third-order valence-corrected chi connectivity index (χ3v) is 3.11. The Balaban J connectivity index is 0.00000144. The summed E-state index contributed by atoms with van der Waals surface area (Å²) in [4.78, 5) is 2.47. The van der Waals surface area contributed by atoms with Crippen LogP contribution < -0.4 is 5.32 Å². The topological polar surface area (TPSA) is 39.1 Å². The summed E-state index contributed by atoms with van der Waals surface area (Å²) in [6.45, 7) is 6.46. The molecular weight excluding hydrogens is 234 g/mol. The fourth-order valence-electron chi connectivity index (χ4n) is 2.04. The maximum Gasteiger partial charge on any atom is 0.0991 e. The molecule has 0 amide bonds. The number of hydrogen-bond donors (Lipinski definition) is 1. The lowest BCUT2D eigenvalue weighted by atomic mass is 10.1. The first-order valence-corrected chi connectivity index (χ1v) is 5.73. The minimum absolute atomic E-state index is 0. The molecule has 92 valence electrons. The lowest BCUT2D eigenvalue weighted by Gasteiger charge is -2.33. The zero-order valence-electron chi connectivity index (χ0n) is 10.0. The highest BCUT2D eigenvalue weighted by Crippen LogP contribution is 2.10. The van der Waals surface area contributed by atoms with Crippen LogP contribution in [0.4, 0.5) is 0 Å². The van der Waals surface area contributed by atoms with Crippen molar-refractivity contribution in [2.45, 2.75) is 19.5 Å². The molecule has 1 atom stereocenters. The van der Waals surface area contributed by atoms with Crippen molar-refractivity contribution in [3.8, 4) is 6.07 Å². The fourth-order valence-corrected chi connectivity index (χ4v) is 2.04. The van der Waals surface area contributed by atoms with E-state index in [9.17, 15) is 0 Å². The molecule has 1 aromatic carbocycles. The van der Waals surface area contributed by atoms with Gasteiger partial charge in [-0.2, -0.15) is 5.26 Å². The van der Waals surface area contributed by atoms with E-state index in [1.807, 2.05) is 24.3 Å². The van der Waals surface area contributed by atoms with Gasteiger partial charge >= 0.3 is 0 Å². The summed E-state index contributed by atoms with van der Waals surface area (Å²) >= 11 is 0. The van der Waals surface area contributed by atoms with Crippen molar-refractivity contribution in [1.29, 1.82) is 5.26 Å². The van der Waals surface area contributed by atoms with Crippen molar-refractivity contribution in [3.63, 3.8) is 0 Å². The predicted octanol–water partition coefficient (Wildman–Crippen LogP) is 1.77. The Morgan fingerprint density at radius 2 is 2.12 bits per heavy atom. The highest BCUT2D eigenvalue weighted by Gasteiger charge is 2.17. The molecular formula is C13H18ClN3. The maximum atomic E-state index is 8.72. The monoisotopic (exact) mass is 251 g/mol. The Hall–Kier alpha value is -1.08. The van der Waals surface area contributed by atoms with Crippen LogP contribution in [0.15, 0.2) is 24.3 Å². The molecule has 0 radical (unpaired) electrons. The molecule has 0 aliphatic carbocycles. The summed E-state index contributed by atoms with van der Waals surface area (Å²) in [6.07, 6.45) is 0. The smallest absolute Gasteiger partial charge is 0.0991 e. The third-order valence-electron chi connectivity index (χ3n) is 3.11. The average Bonchev–Trinajstić information content (AvgIpc) is 2.33. The van der Waals surface area contributed by atoms with E-state index in [2.05, 4.69) is 23.2 Å². The Morgan fingerprint density at radius 3 is 2.71 bits per heavy atom. The molecule has 4 heteroatoms. The lowest BCUT2D eigenvalue weighted by Crippen LogP contribution is -2.49. The van der Waals surface area contributed by atoms with Crippen LogP contribution in [0, 0.1) is 11.3 Å². The van der Waals surface area contributed by atoms with Gasteiger partial charge < -0.3 is 5.32 Å². The number of nitrogens with one attached hydrogen (secondary N) is 1. The van der Waals surface area contributed by atoms with Crippen LogP contribution in [0.3, 0.4) is 0 Å². The maximum absolute atomic E-state index is 8.72. The second-order valence-electron chi connectivity index (χ2n) is 4.33. The van der Waals surface area contributed by atoms with Crippen molar-refractivity contribution in [2.24, 2.45) is 0 Å². The molecule has 0 bridgehead atoms. The van der Waals surface area contributed by atoms with E-state index < -0.39 is 0 Å². The number of nitriles is 1. The van der Waals surface area contributed by atoms with Crippen LogP contribution in [-0.2, 0) is 6.54 Å². The van der Waals surface area contributed by atoms with E-state index >= 15 is 0 Å². The molecule has 0 unspecified atom stereocenters. The molecule has 1 aliphatic heterocycles. The van der Waals surface area contributed by atoms with E-state index in [0.717, 1.165) is 31.7 Å². The molecule has 3 nitrogen and oxygen atoms in total. The zero-order chi connectivity index (χ0) is 11.4. The first-order chi connectivity index (χ1) is 7.79. The molecule has 1 N–H and O–H groups in total. The summed E-state index contributed by atoms with van der Waals surface area (Å²) < 4.78 is 0. The SMILES string of the molecule is C[C@@H]1CNCCN1Cc1ccc(C#N)cc1.Cl. The molecule has 1 fully saturated rings. The summed E-state index contributed by atoms with van der Waals surface area (Å²) in [5, 5.41) is 12.1. The van der Waals surface area contributed by atoms with Gasteiger partial charge in [0.15, 0.2) is 0 Å². The van der Waals surface area contributed by atoms with Gasteiger partial charge in [0.25, 0.3) is 0 Å². The van der Waals surface area contributed by atoms with Crippen molar-refractivity contribution in [1.82, 2.24) is 10.2 Å². The molecule has 1 saturated heterocycles. The van der Waals surface area contributed by atoms with Gasteiger partial charge in [-0.3, -0.25) is 4.90 Å². The van der Waals surface area contributed by atoms with Gasteiger partial charge in [0.1, 0.15) is 0 Å². The Kier molecular flexibility index (Phi) is 5.43. The van der Waals surface area contributed by atoms with Crippen molar-refractivity contribution in [2.75, 3.05) is 19.6 Å². The largest absolute Gasteiger partial charge is 0.314 e. The number of halogens is 1. The van der Waals surface area contributed by atoms with Gasteiger partial charge in [-0.05, 0) is 24.6 Å². The fraction of sp³-hybridized carbons (Fsp3) is 0.462. The summed E-state index contributed by atoms with van der Waals surface area (Å²) in [7, 11) is 0. The Labute approximate surface area is 109 Å². The lowest BCUT2D eigenvalue weighted by molar-refractivity contribution is 0.165. The molecule has 0 aromatic heterocycles. The minimum atomic E-state index is 0. The number of benzene rings is 1. The van der Waals surface area contributed by atoms with Gasteiger partial charge in [-0.1, -0.05) is 12.1 Å². The van der Waals surface area contributed by atoms with Crippen LogP contribution in [0.1, 0.15) is 18.1 Å². The van der Waals surface area contributed by atoms with Crippen molar-refractivity contribution >= 4 is 12.4 Å². The Bertz CT molecular complexity index is 383. The molecule has 0 spiro atoms. The van der Waals surface area contributed by atoms with Gasteiger partial charge in [-0.25, -0.2) is 0 Å². The predicted molar refractivity (Wildman–Crippen MR) is 71.1 cm³/mol. The second-order valence-corrected chi connectivity index (χ2v) is 4.33. The summed E-state index contributed by atoms with van der Waals surface area (Å²) in [5.74, 6) is 0. The Morgan fingerprint density at radius 1 is 1.41 bits per heavy atom. The quantitative estimate of drug-likeness (QED) is 0.871. The van der Waals surface area contributed by atoms with E-state index in [-0.39, 0.29) is 12.4 Å². The molecule has 1 aliphatic rings. The molecule has 2 rings (SSSR count). The number of rotatable bonds is 2.